The molecule has 0 spiro atoms. The average molecular weight is 493 g/mol. The lowest BCUT2D eigenvalue weighted by atomic mass is 10.1. The second-order valence-corrected chi connectivity index (χ2v) is 10.4. The predicted octanol–water partition coefficient (Wildman–Crippen LogP) is 5.13. The Morgan fingerprint density at radius 1 is 1.21 bits per heavy atom. The lowest BCUT2D eigenvalue weighted by Gasteiger charge is -2.16. The number of hydrogen-bond acceptors (Lipinski definition) is 5. The summed E-state index contributed by atoms with van der Waals surface area (Å²) in [6.45, 7) is 5.47. The molecule has 1 N–H and O–H groups in total. The fourth-order valence-corrected chi connectivity index (χ4v) is 5.33. The van der Waals surface area contributed by atoms with Gasteiger partial charge >= 0.3 is 6.36 Å². The molecule has 11 heteroatoms. The van der Waals surface area contributed by atoms with Crippen LogP contribution in [0.15, 0.2) is 41.4 Å². The van der Waals surface area contributed by atoms with Crippen molar-refractivity contribution in [2.45, 2.75) is 57.0 Å². The van der Waals surface area contributed by atoms with Crippen molar-refractivity contribution in [2.75, 3.05) is 0 Å². The maximum Gasteiger partial charge on any atom is 0.573 e. The van der Waals surface area contributed by atoms with Crippen LogP contribution in [-0.4, -0.2) is 30.4 Å². The number of aromatic nitrogens is 2. The van der Waals surface area contributed by atoms with E-state index in [2.05, 4.69) is 20.5 Å². The first-order chi connectivity index (χ1) is 15.9. The van der Waals surface area contributed by atoms with Gasteiger partial charge in [0.05, 0.1) is 22.5 Å². The Bertz CT molecular complexity index is 1370. The summed E-state index contributed by atoms with van der Waals surface area (Å²) in [5.74, 6) is -0.0612. The van der Waals surface area contributed by atoms with Crippen LogP contribution in [0.3, 0.4) is 0 Å². The number of sulfonamides is 1. The van der Waals surface area contributed by atoms with E-state index in [1.54, 1.807) is 4.57 Å². The van der Waals surface area contributed by atoms with Gasteiger partial charge in [-0.3, -0.25) is 4.98 Å². The molecule has 2 heterocycles. The molecule has 1 saturated carbocycles. The van der Waals surface area contributed by atoms with Gasteiger partial charge in [-0.25, -0.2) is 13.1 Å². The van der Waals surface area contributed by atoms with Crippen LogP contribution in [0.1, 0.15) is 45.2 Å². The predicted molar refractivity (Wildman–Crippen MR) is 119 cm³/mol. The van der Waals surface area contributed by atoms with Crippen LogP contribution >= 0.6 is 0 Å². The van der Waals surface area contributed by atoms with E-state index in [0.29, 0.717) is 28.2 Å². The molecule has 3 aromatic rings. The van der Waals surface area contributed by atoms with Crippen LogP contribution in [0, 0.1) is 17.2 Å². The van der Waals surface area contributed by atoms with E-state index in [4.69, 9.17) is 0 Å². The third-order valence-electron chi connectivity index (χ3n) is 5.80. The minimum atomic E-state index is -4.85. The third-order valence-corrected chi connectivity index (χ3v) is 7.34. The van der Waals surface area contributed by atoms with Gasteiger partial charge in [0.25, 0.3) is 0 Å². The largest absolute Gasteiger partial charge is 0.573 e. The fraction of sp³-hybridized carbons (Fsp3) is 0.391. The van der Waals surface area contributed by atoms with Gasteiger partial charge in [0.2, 0.25) is 10.0 Å². The number of nitrogens with one attached hydrogen (secondary N) is 1. The van der Waals surface area contributed by atoms with Crippen molar-refractivity contribution < 1.29 is 26.3 Å². The van der Waals surface area contributed by atoms with Crippen LogP contribution in [-0.2, 0) is 10.0 Å². The van der Waals surface area contributed by atoms with E-state index in [1.165, 1.54) is 30.5 Å². The minimum absolute atomic E-state index is 0.00432. The van der Waals surface area contributed by atoms with Crippen molar-refractivity contribution in [2.24, 2.45) is 5.92 Å². The molecule has 180 valence electrons. The van der Waals surface area contributed by atoms with E-state index in [9.17, 15) is 26.9 Å². The summed E-state index contributed by atoms with van der Waals surface area (Å²) >= 11 is 0. The first kappa shape index (κ1) is 24.0. The summed E-state index contributed by atoms with van der Waals surface area (Å²) in [7, 11) is -3.76. The monoisotopic (exact) mass is 492 g/mol. The highest BCUT2D eigenvalue weighted by Gasteiger charge is 2.33. The minimum Gasteiger partial charge on any atom is -0.406 e. The summed E-state index contributed by atoms with van der Waals surface area (Å²) < 4.78 is 72.0. The fourth-order valence-electron chi connectivity index (χ4n) is 4.07. The van der Waals surface area contributed by atoms with E-state index in [1.807, 2.05) is 20.8 Å². The van der Waals surface area contributed by atoms with Gasteiger partial charge in [-0.05, 0) is 63.8 Å². The van der Waals surface area contributed by atoms with E-state index >= 15 is 0 Å². The normalized spacial score (nSPS) is 15.5. The summed E-state index contributed by atoms with van der Waals surface area (Å²) in [5.41, 5.74) is 1.32. The number of alkyl halides is 3. The first-order valence-corrected chi connectivity index (χ1v) is 12.2. The highest BCUT2D eigenvalue weighted by molar-refractivity contribution is 7.89. The molecule has 0 bridgehead atoms. The van der Waals surface area contributed by atoms with Gasteiger partial charge in [-0.2, -0.15) is 5.26 Å². The number of pyridine rings is 1. The zero-order valence-corrected chi connectivity index (χ0v) is 19.5. The maximum atomic E-state index is 12.7. The van der Waals surface area contributed by atoms with Crippen LogP contribution in [0.25, 0.3) is 22.3 Å². The van der Waals surface area contributed by atoms with Crippen LogP contribution < -0.4 is 9.46 Å². The standard InChI is InChI=1S/C23H23F3N4O3S/c1-13(2)30-21-10-16(33-23(24,25)26)6-8-18(21)19(11-27)22(30)20-9-7-17(12-28-20)34(31,32)29-14(3)15-4-5-15/h6-10,12-15,29H,4-5H2,1-3H3/t14-/m0/s1. The molecule has 4 rings (SSSR count). The molecule has 1 fully saturated rings. The average Bonchev–Trinajstić information content (AvgIpc) is 3.54. The lowest BCUT2D eigenvalue weighted by molar-refractivity contribution is -0.274. The Kier molecular flexibility index (Phi) is 6.08. The molecule has 0 saturated heterocycles. The number of benzene rings is 1. The molecule has 7 nitrogen and oxygen atoms in total. The van der Waals surface area contributed by atoms with Gasteiger partial charge in [-0.1, -0.05) is 0 Å². The number of nitriles is 1. The van der Waals surface area contributed by atoms with Gasteiger partial charge in [0, 0.05) is 29.7 Å². The molecule has 34 heavy (non-hydrogen) atoms. The smallest absolute Gasteiger partial charge is 0.406 e. The summed E-state index contributed by atoms with van der Waals surface area (Å²) in [5, 5.41) is 10.3. The Hall–Kier alpha value is -3.10. The molecule has 1 aliphatic rings. The Labute approximate surface area is 195 Å². The summed E-state index contributed by atoms with van der Waals surface area (Å²) in [6, 6.07) is 8.39. The van der Waals surface area contributed by atoms with Crippen molar-refractivity contribution in [3.8, 4) is 23.2 Å². The highest BCUT2D eigenvalue weighted by Crippen LogP contribution is 2.38. The third kappa shape index (κ3) is 4.74. The first-order valence-electron chi connectivity index (χ1n) is 10.7. The van der Waals surface area contributed by atoms with Crippen molar-refractivity contribution in [3.63, 3.8) is 0 Å². The maximum absolute atomic E-state index is 12.7. The molecule has 2 aromatic heterocycles. The zero-order valence-electron chi connectivity index (χ0n) is 18.7. The molecule has 1 aromatic carbocycles. The van der Waals surface area contributed by atoms with Crippen molar-refractivity contribution in [1.82, 2.24) is 14.3 Å². The summed E-state index contributed by atoms with van der Waals surface area (Å²) in [4.78, 5) is 4.31. The van der Waals surface area contributed by atoms with Gasteiger partial charge < -0.3 is 9.30 Å². The molecule has 0 unspecified atom stereocenters. The van der Waals surface area contributed by atoms with E-state index in [-0.39, 0.29) is 22.5 Å². The lowest BCUT2D eigenvalue weighted by Crippen LogP contribution is -2.34. The number of halogens is 3. The van der Waals surface area contributed by atoms with Crippen molar-refractivity contribution in [3.05, 3.63) is 42.1 Å². The number of rotatable bonds is 7. The van der Waals surface area contributed by atoms with Gasteiger partial charge in [0.15, 0.2) is 0 Å². The van der Waals surface area contributed by atoms with Gasteiger partial charge in [0.1, 0.15) is 16.7 Å². The Morgan fingerprint density at radius 2 is 1.91 bits per heavy atom. The molecule has 1 atom stereocenters. The van der Waals surface area contributed by atoms with Gasteiger partial charge in [-0.15, -0.1) is 13.2 Å². The molecule has 0 radical (unpaired) electrons. The Morgan fingerprint density at radius 3 is 2.44 bits per heavy atom. The van der Waals surface area contributed by atoms with Crippen LogP contribution in [0.4, 0.5) is 13.2 Å². The van der Waals surface area contributed by atoms with E-state index in [0.717, 1.165) is 18.9 Å². The highest BCUT2D eigenvalue weighted by atomic mass is 32.2. The number of ether oxygens (including phenoxy) is 1. The molecule has 0 aliphatic heterocycles. The number of hydrogen-bond donors (Lipinski definition) is 1. The molecular formula is C23H23F3N4O3S. The summed E-state index contributed by atoms with van der Waals surface area (Å²) in [6.07, 6.45) is -1.64. The van der Waals surface area contributed by atoms with Crippen LogP contribution in [0.5, 0.6) is 5.75 Å². The second-order valence-electron chi connectivity index (χ2n) is 8.65. The molecule has 0 amide bonds. The Balaban J connectivity index is 1.79. The van der Waals surface area contributed by atoms with Crippen LogP contribution in [0.2, 0.25) is 0 Å². The molecule has 1 aliphatic carbocycles. The quantitative estimate of drug-likeness (QED) is 0.493. The molecular weight excluding hydrogens is 469 g/mol. The number of fused-ring (bicyclic) bond motifs is 1. The second kappa shape index (κ2) is 8.60. The van der Waals surface area contributed by atoms with E-state index < -0.39 is 22.1 Å². The SMILES string of the molecule is CC(C)n1c(-c2ccc(S(=O)(=O)N[C@@H](C)C3CC3)cn2)c(C#N)c2ccc(OC(F)(F)F)cc21. The number of nitrogens with zero attached hydrogens (tertiary/aromatic N) is 3. The van der Waals surface area contributed by atoms with Crippen molar-refractivity contribution in [1.29, 1.82) is 5.26 Å². The van der Waals surface area contributed by atoms with Crippen molar-refractivity contribution >= 4 is 20.9 Å². The topological polar surface area (TPSA) is 97.0 Å². The zero-order chi connectivity index (χ0) is 24.8.